The smallest absolute Gasteiger partial charge is 0.234 e. The number of hydrogen-bond acceptors (Lipinski definition) is 3. The Hall–Kier alpha value is -1.39. The number of amides is 1. The second kappa shape index (κ2) is 8.13. The van der Waals surface area contributed by atoms with Crippen LogP contribution >= 0.6 is 0 Å². The fourth-order valence-corrected chi connectivity index (χ4v) is 3.58. The van der Waals surface area contributed by atoms with Crippen LogP contribution < -0.4 is 5.32 Å². The van der Waals surface area contributed by atoms with E-state index in [1.807, 2.05) is 7.05 Å². The van der Waals surface area contributed by atoms with E-state index in [1.165, 1.54) is 49.9 Å². The van der Waals surface area contributed by atoms with Crippen molar-refractivity contribution in [3.63, 3.8) is 0 Å². The van der Waals surface area contributed by atoms with Crippen LogP contribution in [-0.4, -0.2) is 48.4 Å². The molecule has 3 rings (SSSR count). The van der Waals surface area contributed by atoms with E-state index in [0.717, 1.165) is 12.5 Å². The molecular formula is C20H31N3O. The monoisotopic (exact) mass is 329 g/mol. The Labute approximate surface area is 146 Å². The Morgan fingerprint density at radius 3 is 2.58 bits per heavy atom. The van der Waals surface area contributed by atoms with E-state index < -0.39 is 0 Å². The Bertz CT molecular complexity index is 538. The van der Waals surface area contributed by atoms with Crippen molar-refractivity contribution < 1.29 is 4.79 Å². The van der Waals surface area contributed by atoms with Gasteiger partial charge in [0.15, 0.2) is 0 Å². The molecule has 1 atom stereocenters. The molecule has 2 fully saturated rings. The van der Waals surface area contributed by atoms with Crippen molar-refractivity contribution in [1.29, 1.82) is 0 Å². The number of carbonyl (C=O) groups excluding carboxylic acids is 1. The van der Waals surface area contributed by atoms with E-state index in [9.17, 15) is 4.79 Å². The van der Waals surface area contributed by atoms with Crippen LogP contribution in [0.1, 0.15) is 43.7 Å². The number of carbonyl (C=O) groups is 1. The predicted molar refractivity (Wildman–Crippen MR) is 97.6 cm³/mol. The largest absolute Gasteiger partial charge is 0.351 e. The molecular weight excluding hydrogens is 298 g/mol. The number of likely N-dealkylation sites (tertiary alicyclic amines) is 1. The van der Waals surface area contributed by atoms with Gasteiger partial charge in [-0.05, 0) is 56.3 Å². The van der Waals surface area contributed by atoms with Gasteiger partial charge in [-0.2, -0.15) is 0 Å². The summed E-state index contributed by atoms with van der Waals surface area (Å²) in [5.41, 5.74) is 2.54. The highest BCUT2D eigenvalue weighted by molar-refractivity contribution is 5.78. The van der Waals surface area contributed by atoms with Crippen LogP contribution in [0.5, 0.6) is 0 Å². The number of benzene rings is 1. The van der Waals surface area contributed by atoms with Crippen molar-refractivity contribution in [2.24, 2.45) is 5.92 Å². The summed E-state index contributed by atoms with van der Waals surface area (Å²) >= 11 is 0. The maximum absolute atomic E-state index is 12.0. The maximum atomic E-state index is 12.0. The SMILES string of the molecule is CC1CCCN(Cc2ccc(CNC(=O)CN(C)C3CC3)cc2)C1. The maximum Gasteiger partial charge on any atom is 0.234 e. The zero-order valence-electron chi connectivity index (χ0n) is 15.1. The molecule has 1 saturated carbocycles. The first kappa shape index (κ1) is 17.4. The van der Waals surface area contributed by atoms with Gasteiger partial charge in [-0.25, -0.2) is 0 Å². The predicted octanol–water partition coefficient (Wildman–Crippen LogP) is 2.63. The van der Waals surface area contributed by atoms with Crippen LogP contribution in [-0.2, 0) is 17.9 Å². The molecule has 2 aliphatic rings. The van der Waals surface area contributed by atoms with Gasteiger partial charge in [-0.3, -0.25) is 14.6 Å². The molecule has 0 spiro atoms. The summed E-state index contributed by atoms with van der Waals surface area (Å²) in [6, 6.07) is 9.34. The number of likely N-dealkylation sites (N-methyl/N-ethyl adjacent to an activating group) is 1. The fraction of sp³-hybridized carbons (Fsp3) is 0.650. The number of hydrogen-bond donors (Lipinski definition) is 1. The molecule has 1 amide bonds. The van der Waals surface area contributed by atoms with E-state index in [2.05, 4.69) is 46.3 Å². The minimum absolute atomic E-state index is 0.121. The van der Waals surface area contributed by atoms with Crippen molar-refractivity contribution in [3.8, 4) is 0 Å². The van der Waals surface area contributed by atoms with Crippen molar-refractivity contribution >= 4 is 5.91 Å². The Morgan fingerprint density at radius 2 is 1.92 bits per heavy atom. The van der Waals surface area contributed by atoms with Crippen LogP contribution in [0.4, 0.5) is 0 Å². The molecule has 0 radical (unpaired) electrons. The molecule has 1 saturated heterocycles. The summed E-state index contributed by atoms with van der Waals surface area (Å²) in [5.74, 6) is 0.942. The van der Waals surface area contributed by atoms with Gasteiger partial charge < -0.3 is 5.32 Å². The molecule has 1 heterocycles. The average molecular weight is 329 g/mol. The Kier molecular flexibility index (Phi) is 5.90. The van der Waals surface area contributed by atoms with Gasteiger partial charge in [-0.15, -0.1) is 0 Å². The fourth-order valence-electron chi connectivity index (χ4n) is 3.58. The topological polar surface area (TPSA) is 35.6 Å². The van der Waals surface area contributed by atoms with Gasteiger partial charge in [0.05, 0.1) is 6.54 Å². The van der Waals surface area contributed by atoms with Crippen molar-refractivity contribution in [1.82, 2.24) is 15.1 Å². The summed E-state index contributed by atoms with van der Waals surface area (Å²) in [4.78, 5) is 16.7. The summed E-state index contributed by atoms with van der Waals surface area (Å²) in [6.45, 7) is 6.96. The van der Waals surface area contributed by atoms with Crippen LogP contribution in [0.25, 0.3) is 0 Å². The Balaban J connectivity index is 1.41. The number of rotatable bonds is 7. The van der Waals surface area contributed by atoms with Crippen LogP contribution in [0.3, 0.4) is 0 Å². The van der Waals surface area contributed by atoms with Crippen molar-refractivity contribution in [3.05, 3.63) is 35.4 Å². The van der Waals surface area contributed by atoms with Gasteiger partial charge >= 0.3 is 0 Å². The average Bonchev–Trinajstić information content (AvgIpc) is 3.39. The number of nitrogens with one attached hydrogen (secondary N) is 1. The first-order valence-electron chi connectivity index (χ1n) is 9.37. The molecule has 1 aliphatic carbocycles. The molecule has 4 heteroatoms. The first-order chi connectivity index (χ1) is 11.6. The lowest BCUT2D eigenvalue weighted by Gasteiger charge is -2.30. The van der Waals surface area contributed by atoms with Crippen LogP contribution in [0.2, 0.25) is 0 Å². The quantitative estimate of drug-likeness (QED) is 0.835. The molecule has 132 valence electrons. The van der Waals surface area contributed by atoms with E-state index in [0.29, 0.717) is 19.1 Å². The zero-order valence-corrected chi connectivity index (χ0v) is 15.1. The summed E-state index contributed by atoms with van der Waals surface area (Å²) in [7, 11) is 2.04. The molecule has 0 aromatic heterocycles. The lowest BCUT2D eigenvalue weighted by Crippen LogP contribution is -2.35. The third-order valence-corrected chi connectivity index (χ3v) is 5.22. The summed E-state index contributed by atoms with van der Waals surface area (Å²) in [6.07, 6.45) is 5.16. The molecule has 1 aromatic carbocycles. The third kappa shape index (κ3) is 5.32. The molecule has 4 nitrogen and oxygen atoms in total. The minimum atomic E-state index is 0.121. The lowest BCUT2D eigenvalue weighted by molar-refractivity contribution is -0.122. The molecule has 24 heavy (non-hydrogen) atoms. The van der Waals surface area contributed by atoms with Gasteiger partial charge in [0.2, 0.25) is 5.91 Å². The molecule has 1 N–H and O–H groups in total. The normalized spacial score (nSPS) is 21.9. The minimum Gasteiger partial charge on any atom is -0.351 e. The van der Waals surface area contributed by atoms with Gasteiger partial charge in [0.25, 0.3) is 0 Å². The highest BCUT2D eigenvalue weighted by Gasteiger charge is 2.27. The zero-order chi connectivity index (χ0) is 16.9. The van der Waals surface area contributed by atoms with E-state index in [1.54, 1.807) is 0 Å². The molecule has 1 unspecified atom stereocenters. The summed E-state index contributed by atoms with van der Waals surface area (Å²) in [5, 5.41) is 3.03. The van der Waals surface area contributed by atoms with Crippen molar-refractivity contribution in [2.75, 3.05) is 26.7 Å². The third-order valence-electron chi connectivity index (χ3n) is 5.22. The molecule has 1 aliphatic heterocycles. The van der Waals surface area contributed by atoms with Crippen LogP contribution in [0, 0.1) is 5.92 Å². The lowest BCUT2D eigenvalue weighted by atomic mass is 9.99. The second-order valence-corrected chi connectivity index (χ2v) is 7.72. The van der Waals surface area contributed by atoms with Crippen LogP contribution in [0.15, 0.2) is 24.3 Å². The summed E-state index contributed by atoms with van der Waals surface area (Å²) < 4.78 is 0. The van der Waals surface area contributed by atoms with Gasteiger partial charge in [0.1, 0.15) is 0 Å². The highest BCUT2D eigenvalue weighted by atomic mass is 16.2. The first-order valence-corrected chi connectivity index (χ1v) is 9.37. The molecule has 0 bridgehead atoms. The second-order valence-electron chi connectivity index (χ2n) is 7.72. The van der Waals surface area contributed by atoms with Gasteiger partial charge in [0, 0.05) is 25.7 Å². The van der Waals surface area contributed by atoms with E-state index in [4.69, 9.17) is 0 Å². The van der Waals surface area contributed by atoms with E-state index >= 15 is 0 Å². The standard InChI is InChI=1S/C20H31N3O/c1-16-4-3-11-23(13-16)14-18-7-5-17(6-8-18)12-21-20(24)15-22(2)19-9-10-19/h5-8,16,19H,3-4,9-15H2,1-2H3,(H,21,24). The van der Waals surface area contributed by atoms with Crippen molar-refractivity contribution in [2.45, 2.75) is 51.7 Å². The molecule has 1 aromatic rings. The number of nitrogens with zero attached hydrogens (tertiary/aromatic N) is 2. The van der Waals surface area contributed by atoms with Gasteiger partial charge in [-0.1, -0.05) is 31.2 Å². The Morgan fingerprint density at radius 1 is 1.21 bits per heavy atom. The highest BCUT2D eigenvalue weighted by Crippen LogP contribution is 2.24. The number of piperidine rings is 1. The van der Waals surface area contributed by atoms with E-state index in [-0.39, 0.29) is 5.91 Å².